The Labute approximate surface area is 124 Å². The highest BCUT2D eigenvalue weighted by Crippen LogP contribution is 2.28. The Morgan fingerprint density at radius 3 is 2.43 bits per heavy atom. The number of alkyl halides is 1. The first-order valence-electron chi connectivity index (χ1n) is 7.20. The van der Waals surface area contributed by atoms with E-state index >= 15 is 0 Å². The lowest BCUT2D eigenvalue weighted by Gasteiger charge is -2.22. The third-order valence-electron chi connectivity index (χ3n) is 3.50. The molecule has 1 aliphatic carbocycles. The first-order valence-corrected chi connectivity index (χ1v) is 9.09. The van der Waals surface area contributed by atoms with Gasteiger partial charge in [0.05, 0.1) is 6.26 Å². The molecule has 1 atom stereocenters. The molecule has 0 aromatic carbocycles. The quantitative estimate of drug-likeness (QED) is 0.727. The van der Waals surface area contributed by atoms with E-state index in [-0.39, 0.29) is 25.3 Å². The molecule has 1 aliphatic rings. The summed E-state index contributed by atoms with van der Waals surface area (Å²) in [5.74, 6) is -1.19. The Morgan fingerprint density at radius 1 is 1.24 bits per heavy atom. The summed E-state index contributed by atoms with van der Waals surface area (Å²) in [5.41, 5.74) is 0. The van der Waals surface area contributed by atoms with Crippen LogP contribution in [0, 0.1) is 5.92 Å². The lowest BCUT2D eigenvalue weighted by molar-refractivity contribution is -0.126. The molecule has 6 nitrogen and oxygen atoms in total. The van der Waals surface area contributed by atoms with Gasteiger partial charge in [-0.1, -0.05) is 32.1 Å². The maximum Gasteiger partial charge on any atom is 0.254 e. The molecule has 1 fully saturated rings. The van der Waals surface area contributed by atoms with Crippen molar-refractivity contribution in [3.05, 3.63) is 0 Å². The van der Waals surface area contributed by atoms with Gasteiger partial charge < -0.3 is 5.32 Å². The minimum Gasteiger partial charge on any atom is -0.353 e. The first-order chi connectivity index (χ1) is 9.78. The van der Waals surface area contributed by atoms with Crippen molar-refractivity contribution in [3.63, 3.8) is 0 Å². The van der Waals surface area contributed by atoms with E-state index in [9.17, 15) is 22.4 Å². The Bertz CT molecular complexity index is 461. The van der Waals surface area contributed by atoms with Crippen molar-refractivity contribution in [2.24, 2.45) is 5.92 Å². The highest BCUT2D eigenvalue weighted by Gasteiger charge is 2.23. The zero-order valence-electron chi connectivity index (χ0n) is 12.2. The summed E-state index contributed by atoms with van der Waals surface area (Å²) in [6, 6.07) is 0. The predicted molar refractivity (Wildman–Crippen MR) is 76.7 cm³/mol. The van der Waals surface area contributed by atoms with Crippen LogP contribution in [-0.2, 0) is 19.6 Å². The lowest BCUT2D eigenvalue weighted by atomic mass is 9.85. The molecule has 21 heavy (non-hydrogen) atoms. The summed E-state index contributed by atoms with van der Waals surface area (Å²) in [5, 5.41) is 2.32. The summed E-state index contributed by atoms with van der Waals surface area (Å²) >= 11 is 0. The average Bonchev–Trinajstić information content (AvgIpc) is 2.37. The van der Waals surface area contributed by atoms with Gasteiger partial charge in [0.25, 0.3) is 5.91 Å². The average molecular weight is 322 g/mol. The summed E-state index contributed by atoms with van der Waals surface area (Å²) in [6.07, 6.45) is 4.60. The lowest BCUT2D eigenvalue weighted by Crippen LogP contribution is -2.37. The fourth-order valence-corrected chi connectivity index (χ4v) is 3.01. The van der Waals surface area contributed by atoms with E-state index in [4.69, 9.17) is 0 Å². The van der Waals surface area contributed by atoms with Crippen LogP contribution in [0.1, 0.15) is 44.9 Å². The van der Waals surface area contributed by atoms with Crippen molar-refractivity contribution >= 4 is 21.8 Å². The van der Waals surface area contributed by atoms with E-state index in [1.54, 1.807) is 4.72 Å². The number of carbonyl (C=O) groups is 2. The zero-order valence-corrected chi connectivity index (χ0v) is 13.0. The third kappa shape index (κ3) is 7.99. The number of carbonyl (C=O) groups excluding carboxylic acids is 2. The van der Waals surface area contributed by atoms with E-state index in [0.29, 0.717) is 0 Å². The standard InChI is InChI=1S/C13H23FN2O4S/c1-21(19,20)16-12(17)7-8-15-13(18)11(14)9-10-5-3-2-4-6-10/h10-11H,2-9H2,1H3,(H,15,18)(H,16,17). The van der Waals surface area contributed by atoms with Crippen LogP contribution in [0.25, 0.3) is 0 Å². The molecule has 0 saturated heterocycles. The monoisotopic (exact) mass is 322 g/mol. The van der Waals surface area contributed by atoms with Gasteiger partial charge in [0, 0.05) is 13.0 Å². The normalized spacial score (nSPS) is 18.0. The Hall–Kier alpha value is -1.18. The molecule has 0 bridgehead atoms. The van der Waals surface area contributed by atoms with Crippen molar-refractivity contribution in [2.75, 3.05) is 12.8 Å². The molecule has 2 amide bonds. The molecule has 122 valence electrons. The number of hydrogen-bond acceptors (Lipinski definition) is 4. The van der Waals surface area contributed by atoms with E-state index in [2.05, 4.69) is 5.32 Å². The van der Waals surface area contributed by atoms with Crippen molar-refractivity contribution in [3.8, 4) is 0 Å². The molecular weight excluding hydrogens is 299 g/mol. The molecular formula is C13H23FN2O4S. The summed E-state index contributed by atoms with van der Waals surface area (Å²) in [4.78, 5) is 22.7. The third-order valence-corrected chi connectivity index (χ3v) is 4.10. The maximum atomic E-state index is 13.8. The molecule has 8 heteroatoms. The SMILES string of the molecule is CS(=O)(=O)NC(=O)CCNC(=O)C(F)CC1CCCCC1. The van der Waals surface area contributed by atoms with Crippen LogP contribution in [0.3, 0.4) is 0 Å². The molecule has 2 N–H and O–H groups in total. The van der Waals surface area contributed by atoms with E-state index in [1.165, 1.54) is 6.42 Å². The molecule has 0 heterocycles. The number of nitrogens with one attached hydrogen (secondary N) is 2. The molecule has 0 spiro atoms. The summed E-state index contributed by atoms with van der Waals surface area (Å²) in [7, 11) is -3.60. The smallest absolute Gasteiger partial charge is 0.254 e. The maximum absolute atomic E-state index is 13.8. The zero-order chi connectivity index (χ0) is 15.9. The van der Waals surface area contributed by atoms with Crippen LogP contribution >= 0.6 is 0 Å². The number of rotatable bonds is 7. The van der Waals surface area contributed by atoms with Gasteiger partial charge in [-0.3, -0.25) is 14.3 Å². The summed E-state index contributed by atoms with van der Waals surface area (Å²) < 4.78 is 37.1. The van der Waals surface area contributed by atoms with Gasteiger partial charge in [0.1, 0.15) is 0 Å². The van der Waals surface area contributed by atoms with Gasteiger partial charge in [0.2, 0.25) is 15.9 Å². The van der Waals surface area contributed by atoms with Crippen molar-refractivity contribution in [1.29, 1.82) is 0 Å². The minimum absolute atomic E-state index is 0.0781. The van der Waals surface area contributed by atoms with Gasteiger partial charge in [-0.25, -0.2) is 12.8 Å². The second kappa shape index (κ2) is 8.31. The van der Waals surface area contributed by atoms with Gasteiger partial charge in [-0.15, -0.1) is 0 Å². The predicted octanol–water partition coefficient (Wildman–Crippen LogP) is 0.877. The minimum atomic E-state index is -3.60. The molecule has 0 radical (unpaired) electrons. The van der Waals surface area contributed by atoms with Gasteiger partial charge in [-0.05, 0) is 12.3 Å². The van der Waals surface area contributed by atoms with E-state index in [1.807, 2.05) is 0 Å². The molecule has 0 aromatic heterocycles. The van der Waals surface area contributed by atoms with Crippen LogP contribution in [-0.4, -0.2) is 39.2 Å². The number of amides is 2. The second-order valence-corrected chi connectivity index (χ2v) is 7.29. The number of hydrogen-bond donors (Lipinski definition) is 2. The molecule has 1 rings (SSSR count). The Balaban J connectivity index is 2.21. The Kier molecular flexibility index (Phi) is 7.07. The molecule has 0 aromatic rings. The van der Waals surface area contributed by atoms with Crippen LogP contribution in [0.2, 0.25) is 0 Å². The van der Waals surface area contributed by atoms with Crippen molar-refractivity contribution in [2.45, 2.75) is 51.1 Å². The molecule has 0 aliphatic heterocycles. The second-order valence-electron chi connectivity index (χ2n) is 5.55. The van der Waals surface area contributed by atoms with Crippen LogP contribution in [0.15, 0.2) is 0 Å². The van der Waals surface area contributed by atoms with E-state index < -0.39 is 28.0 Å². The van der Waals surface area contributed by atoms with Crippen molar-refractivity contribution in [1.82, 2.24) is 10.0 Å². The fourth-order valence-electron chi connectivity index (χ4n) is 2.49. The van der Waals surface area contributed by atoms with E-state index in [0.717, 1.165) is 31.9 Å². The highest BCUT2D eigenvalue weighted by atomic mass is 32.2. The van der Waals surface area contributed by atoms with Gasteiger partial charge >= 0.3 is 0 Å². The Morgan fingerprint density at radius 2 is 1.86 bits per heavy atom. The van der Waals surface area contributed by atoms with Crippen LogP contribution < -0.4 is 10.0 Å². The highest BCUT2D eigenvalue weighted by molar-refractivity contribution is 7.89. The molecule has 1 unspecified atom stereocenters. The van der Waals surface area contributed by atoms with Crippen LogP contribution in [0.4, 0.5) is 4.39 Å². The molecule has 1 saturated carbocycles. The van der Waals surface area contributed by atoms with Crippen LogP contribution in [0.5, 0.6) is 0 Å². The fraction of sp³-hybridized carbons (Fsp3) is 0.846. The van der Waals surface area contributed by atoms with Crippen molar-refractivity contribution < 1.29 is 22.4 Å². The van der Waals surface area contributed by atoms with Gasteiger partial charge in [0.15, 0.2) is 6.17 Å². The number of sulfonamides is 1. The topological polar surface area (TPSA) is 92.3 Å². The largest absolute Gasteiger partial charge is 0.353 e. The number of halogens is 1. The summed E-state index contributed by atoms with van der Waals surface area (Å²) in [6.45, 7) is -0.0781. The first kappa shape index (κ1) is 17.9. The van der Waals surface area contributed by atoms with Gasteiger partial charge in [-0.2, -0.15) is 0 Å².